The lowest BCUT2D eigenvalue weighted by Gasteiger charge is -2.55. The Labute approximate surface area is 144 Å². The minimum atomic E-state index is -0.0128. The number of nitrogens with one attached hydrogen (secondary N) is 1. The molecule has 1 amide bonds. The number of aromatic nitrogens is 2. The molecule has 2 fully saturated rings. The Morgan fingerprint density at radius 1 is 1.50 bits per heavy atom. The molecule has 6 nitrogen and oxygen atoms in total. The summed E-state index contributed by atoms with van der Waals surface area (Å²) < 4.78 is 7.62. The van der Waals surface area contributed by atoms with Crippen molar-refractivity contribution in [2.75, 3.05) is 26.7 Å². The van der Waals surface area contributed by atoms with E-state index in [1.54, 1.807) is 4.68 Å². The quantitative estimate of drug-likeness (QED) is 0.884. The molecule has 1 aromatic heterocycles. The van der Waals surface area contributed by atoms with E-state index in [-0.39, 0.29) is 35.3 Å². The maximum absolute atomic E-state index is 13.1. The molecule has 1 aliphatic heterocycles. The van der Waals surface area contributed by atoms with E-state index in [2.05, 4.69) is 24.3 Å². The molecule has 1 saturated heterocycles. The van der Waals surface area contributed by atoms with Gasteiger partial charge in [0.25, 0.3) is 0 Å². The Kier molecular flexibility index (Phi) is 4.71. The van der Waals surface area contributed by atoms with Gasteiger partial charge in [-0.2, -0.15) is 5.10 Å². The molecule has 0 radical (unpaired) electrons. The monoisotopic (exact) mass is 334 g/mol. The largest absolute Gasteiger partial charge is 0.378 e. The molecule has 1 N–H and O–H groups in total. The van der Waals surface area contributed by atoms with Crippen molar-refractivity contribution in [3.8, 4) is 0 Å². The van der Waals surface area contributed by atoms with Gasteiger partial charge in [0.1, 0.15) is 0 Å². The van der Waals surface area contributed by atoms with Gasteiger partial charge < -0.3 is 15.0 Å². The second-order valence-corrected chi connectivity index (χ2v) is 7.78. The van der Waals surface area contributed by atoms with E-state index in [0.29, 0.717) is 0 Å². The van der Waals surface area contributed by atoms with E-state index in [9.17, 15) is 4.79 Å². The molecule has 2 aliphatic rings. The van der Waals surface area contributed by atoms with E-state index in [0.717, 1.165) is 31.7 Å². The molecule has 3 rings (SSSR count). The zero-order chi connectivity index (χ0) is 17.5. The molecule has 2 heterocycles. The highest BCUT2D eigenvalue weighted by Crippen LogP contribution is 2.46. The zero-order valence-corrected chi connectivity index (χ0v) is 15.5. The van der Waals surface area contributed by atoms with Crippen LogP contribution in [0.15, 0.2) is 12.4 Å². The topological polar surface area (TPSA) is 59.4 Å². The van der Waals surface area contributed by atoms with Gasteiger partial charge in [-0.25, -0.2) is 0 Å². The summed E-state index contributed by atoms with van der Waals surface area (Å²) in [5, 5.41) is 7.64. The van der Waals surface area contributed by atoms with Crippen LogP contribution in [-0.4, -0.2) is 59.5 Å². The average Bonchev–Trinajstić information content (AvgIpc) is 3.18. The second-order valence-electron chi connectivity index (χ2n) is 7.78. The van der Waals surface area contributed by atoms with Crippen LogP contribution in [0.3, 0.4) is 0 Å². The van der Waals surface area contributed by atoms with Gasteiger partial charge in [-0.15, -0.1) is 0 Å². The third-order valence-corrected chi connectivity index (χ3v) is 5.99. The summed E-state index contributed by atoms with van der Waals surface area (Å²) in [5.74, 6) is 0.433. The molecular formula is C18H30N4O2. The van der Waals surface area contributed by atoms with Crippen LogP contribution in [-0.2, 0) is 16.6 Å². The van der Waals surface area contributed by atoms with Gasteiger partial charge in [-0.1, -0.05) is 13.8 Å². The van der Waals surface area contributed by atoms with Gasteiger partial charge in [-0.3, -0.25) is 9.48 Å². The van der Waals surface area contributed by atoms with Crippen molar-refractivity contribution in [3.63, 3.8) is 0 Å². The van der Waals surface area contributed by atoms with E-state index in [4.69, 9.17) is 4.74 Å². The SMILES string of the molecule is CCOC1CC(N(C)C(=O)[C@H]2CNC[C@@H]2c2cnn(C)c2)C1(C)C. The number of hydrogen-bond acceptors (Lipinski definition) is 4. The summed E-state index contributed by atoms with van der Waals surface area (Å²) in [5.41, 5.74) is 1.16. The van der Waals surface area contributed by atoms with Crippen LogP contribution < -0.4 is 5.32 Å². The predicted octanol–water partition coefficient (Wildman–Crippen LogP) is 1.39. The lowest BCUT2D eigenvalue weighted by molar-refractivity contribution is -0.166. The maximum Gasteiger partial charge on any atom is 0.227 e. The average molecular weight is 334 g/mol. The smallest absolute Gasteiger partial charge is 0.227 e. The number of nitrogens with zero attached hydrogens (tertiary/aromatic N) is 3. The molecule has 1 aromatic rings. The third kappa shape index (κ3) is 2.86. The predicted molar refractivity (Wildman–Crippen MR) is 92.7 cm³/mol. The first-order valence-electron chi connectivity index (χ1n) is 8.93. The molecule has 0 spiro atoms. The zero-order valence-electron chi connectivity index (χ0n) is 15.5. The van der Waals surface area contributed by atoms with Gasteiger partial charge in [0.05, 0.1) is 18.2 Å². The fourth-order valence-electron chi connectivity index (χ4n) is 4.34. The molecule has 0 bridgehead atoms. The first-order valence-corrected chi connectivity index (χ1v) is 8.93. The highest BCUT2D eigenvalue weighted by atomic mass is 16.5. The highest BCUT2D eigenvalue weighted by Gasteiger charge is 2.53. The Morgan fingerprint density at radius 3 is 2.83 bits per heavy atom. The van der Waals surface area contributed by atoms with Gasteiger partial charge in [0, 0.05) is 57.4 Å². The highest BCUT2D eigenvalue weighted by molar-refractivity contribution is 5.81. The van der Waals surface area contributed by atoms with Gasteiger partial charge in [0.2, 0.25) is 5.91 Å². The van der Waals surface area contributed by atoms with Crippen LogP contribution in [0.5, 0.6) is 0 Å². The Hall–Kier alpha value is -1.40. The lowest BCUT2D eigenvalue weighted by atomic mass is 9.63. The Balaban J connectivity index is 1.69. The normalized spacial score (nSPS) is 31.7. The van der Waals surface area contributed by atoms with Crippen LogP contribution in [0.2, 0.25) is 0 Å². The molecule has 1 saturated carbocycles. The first kappa shape index (κ1) is 17.4. The summed E-state index contributed by atoms with van der Waals surface area (Å²) in [6.45, 7) is 8.75. The molecule has 4 atom stereocenters. The van der Waals surface area contributed by atoms with Crippen molar-refractivity contribution >= 4 is 5.91 Å². The summed E-state index contributed by atoms with van der Waals surface area (Å²) in [6, 6.07) is 0.247. The van der Waals surface area contributed by atoms with Gasteiger partial charge >= 0.3 is 0 Å². The van der Waals surface area contributed by atoms with E-state index < -0.39 is 0 Å². The van der Waals surface area contributed by atoms with Crippen molar-refractivity contribution in [2.24, 2.45) is 18.4 Å². The van der Waals surface area contributed by atoms with E-state index >= 15 is 0 Å². The minimum absolute atomic E-state index is 0.0102. The van der Waals surface area contributed by atoms with Crippen LogP contribution in [0, 0.1) is 11.3 Å². The number of aryl methyl sites for hydroxylation is 1. The molecular weight excluding hydrogens is 304 g/mol. The third-order valence-electron chi connectivity index (χ3n) is 5.99. The molecule has 134 valence electrons. The molecule has 0 aromatic carbocycles. The summed E-state index contributed by atoms with van der Waals surface area (Å²) in [6.07, 6.45) is 5.09. The maximum atomic E-state index is 13.1. The van der Waals surface area contributed by atoms with Crippen LogP contribution in [0.1, 0.15) is 38.7 Å². The van der Waals surface area contributed by atoms with Crippen molar-refractivity contribution < 1.29 is 9.53 Å². The fraction of sp³-hybridized carbons (Fsp3) is 0.778. The van der Waals surface area contributed by atoms with Crippen LogP contribution >= 0.6 is 0 Å². The number of carbonyl (C=O) groups is 1. The van der Waals surface area contributed by atoms with Crippen LogP contribution in [0.4, 0.5) is 0 Å². The molecule has 6 heteroatoms. The lowest BCUT2D eigenvalue weighted by Crippen LogP contribution is -2.63. The van der Waals surface area contributed by atoms with Crippen molar-refractivity contribution in [3.05, 3.63) is 18.0 Å². The number of hydrogen-bond donors (Lipinski definition) is 1. The summed E-state index contributed by atoms with van der Waals surface area (Å²) in [4.78, 5) is 15.1. The van der Waals surface area contributed by atoms with Crippen molar-refractivity contribution in [2.45, 2.75) is 45.3 Å². The summed E-state index contributed by atoms with van der Waals surface area (Å²) in [7, 11) is 3.87. The standard InChI is InChI=1S/C18H30N4O2/c1-6-24-16-7-15(18(16,2)3)22(5)17(23)14-10-19-9-13(14)12-8-20-21(4)11-12/h8,11,13-16,19H,6-7,9-10H2,1-5H3/t13-,14+,15?,16?/m1/s1. The molecule has 2 unspecified atom stereocenters. The summed E-state index contributed by atoms with van der Waals surface area (Å²) >= 11 is 0. The fourth-order valence-corrected chi connectivity index (χ4v) is 4.34. The minimum Gasteiger partial charge on any atom is -0.378 e. The molecule has 1 aliphatic carbocycles. The first-order chi connectivity index (χ1) is 11.4. The number of amides is 1. The van der Waals surface area contributed by atoms with Crippen LogP contribution in [0.25, 0.3) is 0 Å². The van der Waals surface area contributed by atoms with Crippen molar-refractivity contribution in [1.82, 2.24) is 20.0 Å². The number of rotatable bonds is 5. The number of carbonyl (C=O) groups excluding carboxylic acids is 1. The van der Waals surface area contributed by atoms with Gasteiger partial charge in [0.15, 0.2) is 0 Å². The van der Waals surface area contributed by atoms with E-state index in [1.807, 2.05) is 38.3 Å². The second kappa shape index (κ2) is 6.48. The number of ether oxygens (including phenoxy) is 1. The Bertz CT molecular complexity index is 598. The van der Waals surface area contributed by atoms with Crippen molar-refractivity contribution in [1.29, 1.82) is 0 Å². The van der Waals surface area contributed by atoms with E-state index in [1.165, 1.54) is 0 Å². The Morgan fingerprint density at radius 2 is 2.25 bits per heavy atom. The molecule has 24 heavy (non-hydrogen) atoms. The van der Waals surface area contributed by atoms with Gasteiger partial charge in [-0.05, 0) is 18.9 Å².